The minimum atomic E-state index is -0.744. The van der Waals surface area contributed by atoms with Gasteiger partial charge in [0.15, 0.2) is 11.6 Å². The molecule has 0 aromatic heterocycles. The summed E-state index contributed by atoms with van der Waals surface area (Å²) in [5.74, 6) is 0.571. The molecule has 1 aromatic rings. The van der Waals surface area contributed by atoms with Crippen molar-refractivity contribution < 1.29 is 13.5 Å². The van der Waals surface area contributed by atoms with Crippen LogP contribution in [0.5, 0.6) is 5.75 Å². The van der Waals surface area contributed by atoms with Gasteiger partial charge in [0.25, 0.3) is 0 Å². The average molecular weight is 167 g/mol. The third-order valence-electron chi connectivity index (χ3n) is 1.13. The molecular weight excluding hydrogens is 162 g/mol. The molecule has 0 saturated heterocycles. The maximum Gasteiger partial charge on any atom is 0.173 e. The standard InChI is InChI=1S/C9H5F2O/c1-2-5-12-9-6-7(10)3-4-8(9)11/h1,3,6H,5H2. The van der Waals surface area contributed by atoms with Gasteiger partial charge >= 0.3 is 0 Å². The predicted octanol–water partition coefficient (Wildman–Crippen LogP) is 1.78. The highest BCUT2D eigenvalue weighted by atomic mass is 19.1. The zero-order chi connectivity index (χ0) is 8.97. The Morgan fingerprint density at radius 1 is 1.58 bits per heavy atom. The molecule has 1 nitrogen and oxygen atoms in total. The third-order valence-corrected chi connectivity index (χ3v) is 1.13. The Labute approximate surface area is 69.0 Å². The maximum atomic E-state index is 12.7. The molecule has 61 valence electrons. The molecule has 0 spiro atoms. The van der Waals surface area contributed by atoms with E-state index in [1.807, 2.05) is 6.07 Å². The van der Waals surface area contributed by atoms with Crippen LogP contribution in [-0.2, 0) is 0 Å². The van der Waals surface area contributed by atoms with E-state index in [2.05, 4.69) is 10.7 Å². The summed E-state index contributed by atoms with van der Waals surface area (Å²) in [7, 11) is 0. The quantitative estimate of drug-likeness (QED) is 0.610. The van der Waals surface area contributed by atoms with E-state index in [4.69, 9.17) is 6.42 Å². The fourth-order valence-corrected chi connectivity index (χ4v) is 0.658. The van der Waals surface area contributed by atoms with Gasteiger partial charge in [-0.05, 0) is 6.07 Å². The van der Waals surface area contributed by atoms with Crippen molar-refractivity contribution in [2.24, 2.45) is 0 Å². The number of terminal acetylenes is 1. The van der Waals surface area contributed by atoms with Crippen LogP contribution in [-0.4, -0.2) is 6.61 Å². The first-order valence-corrected chi connectivity index (χ1v) is 3.17. The van der Waals surface area contributed by atoms with Crippen molar-refractivity contribution in [2.75, 3.05) is 6.61 Å². The summed E-state index contributed by atoms with van der Waals surface area (Å²) in [6, 6.07) is 3.85. The zero-order valence-corrected chi connectivity index (χ0v) is 6.10. The first-order valence-electron chi connectivity index (χ1n) is 3.17. The molecule has 0 saturated carbocycles. The Kier molecular flexibility index (Phi) is 2.65. The van der Waals surface area contributed by atoms with Crippen LogP contribution >= 0.6 is 0 Å². The van der Waals surface area contributed by atoms with Gasteiger partial charge in [0, 0.05) is 12.1 Å². The minimum absolute atomic E-state index is 0.0891. The second kappa shape index (κ2) is 3.72. The summed E-state index contributed by atoms with van der Waals surface area (Å²) < 4.78 is 29.8. The number of rotatable bonds is 2. The van der Waals surface area contributed by atoms with Crippen LogP contribution in [0.4, 0.5) is 8.78 Å². The molecule has 1 aromatic carbocycles. The number of halogens is 2. The van der Waals surface area contributed by atoms with Crippen molar-refractivity contribution >= 4 is 0 Å². The van der Waals surface area contributed by atoms with Gasteiger partial charge in [0.05, 0.1) is 0 Å². The molecule has 1 rings (SSSR count). The van der Waals surface area contributed by atoms with Crippen LogP contribution in [0, 0.1) is 30.0 Å². The van der Waals surface area contributed by atoms with Gasteiger partial charge in [-0.15, -0.1) is 6.42 Å². The summed E-state index contributed by atoms with van der Waals surface area (Å²) in [5.41, 5.74) is 0. The third kappa shape index (κ3) is 1.96. The van der Waals surface area contributed by atoms with Gasteiger partial charge in [-0.3, -0.25) is 0 Å². The Morgan fingerprint density at radius 2 is 2.33 bits per heavy atom. The van der Waals surface area contributed by atoms with E-state index >= 15 is 0 Å². The van der Waals surface area contributed by atoms with Crippen molar-refractivity contribution in [1.82, 2.24) is 0 Å². The molecular formula is C9H5F2O. The largest absolute Gasteiger partial charge is 0.478 e. The number of hydrogen-bond acceptors (Lipinski definition) is 1. The molecule has 0 aliphatic heterocycles. The van der Waals surface area contributed by atoms with E-state index in [9.17, 15) is 8.78 Å². The van der Waals surface area contributed by atoms with E-state index in [1.165, 1.54) is 0 Å². The van der Waals surface area contributed by atoms with E-state index in [-0.39, 0.29) is 12.4 Å². The van der Waals surface area contributed by atoms with Crippen LogP contribution in [0.1, 0.15) is 0 Å². The molecule has 1 radical (unpaired) electrons. The van der Waals surface area contributed by atoms with Crippen molar-refractivity contribution in [3.63, 3.8) is 0 Å². The molecule has 0 fully saturated rings. The topological polar surface area (TPSA) is 9.23 Å². The molecule has 0 N–H and O–H groups in total. The highest BCUT2D eigenvalue weighted by molar-refractivity contribution is 5.24. The predicted molar refractivity (Wildman–Crippen MR) is 39.5 cm³/mol. The fraction of sp³-hybridized carbons (Fsp3) is 0.111. The van der Waals surface area contributed by atoms with Crippen molar-refractivity contribution in [2.45, 2.75) is 0 Å². The smallest absolute Gasteiger partial charge is 0.173 e. The van der Waals surface area contributed by atoms with Crippen LogP contribution in [0.15, 0.2) is 12.1 Å². The lowest BCUT2D eigenvalue weighted by molar-refractivity contribution is 0.345. The second-order valence-electron chi connectivity index (χ2n) is 1.99. The Bertz CT molecular complexity index is 315. The van der Waals surface area contributed by atoms with Gasteiger partial charge in [0.2, 0.25) is 0 Å². The molecule has 0 aliphatic rings. The second-order valence-corrected chi connectivity index (χ2v) is 1.99. The maximum absolute atomic E-state index is 12.7. The monoisotopic (exact) mass is 167 g/mol. The SMILES string of the molecule is C#CCOc1cc(F)c[c]c1F. The van der Waals surface area contributed by atoms with E-state index in [0.29, 0.717) is 0 Å². The normalized spacial score (nSPS) is 9.08. The van der Waals surface area contributed by atoms with Gasteiger partial charge in [-0.1, -0.05) is 5.92 Å². The zero-order valence-electron chi connectivity index (χ0n) is 6.10. The van der Waals surface area contributed by atoms with Gasteiger partial charge < -0.3 is 4.74 Å². The first-order chi connectivity index (χ1) is 5.74. The van der Waals surface area contributed by atoms with Gasteiger partial charge in [-0.2, -0.15) is 0 Å². The molecule has 0 aliphatic carbocycles. The molecule has 3 heteroatoms. The molecule has 0 unspecified atom stereocenters. The van der Waals surface area contributed by atoms with Crippen molar-refractivity contribution in [3.05, 3.63) is 29.8 Å². The Hall–Kier alpha value is -1.56. The van der Waals surface area contributed by atoms with Crippen LogP contribution in [0.2, 0.25) is 0 Å². The van der Waals surface area contributed by atoms with Crippen LogP contribution in [0.25, 0.3) is 0 Å². The molecule has 12 heavy (non-hydrogen) atoms. The van der Waals surface area contributed by atoms with Gasteiger partial charge in [-0.25, -0.2) is 8.78 Å². The molecule has 0 heterocycles. The number of ether oxygens (including phenoxy) is 1. The lowest BCUT2D eigenvalue weighted by Gasteiger charge is -2.02. The summed E-state index contributed by atoms with van der Waals surface area (Å²) in [6.45, 7) is -0.0891. The van der Waals surface area contributed by atoms with Crippen molar-refractivity contribution in [3.8, 4) is 18.1 Å². The van der Waals surface area contributed by atoms with E-state index in [0.717, 1.165) is 12.1 Å². The highest BCUT2D eigenvalue weighted by Crippen LogP contribution is 2.16. The summed E-state index contributed by atoms with van der Waals surface area (Å²) >= 11 is 0. The Morgan fingerprint density at radius 3 is 3.00 bits per heavy atom. The summed E-state index contributed by atoms with van der Waals surface area (Å²) in [4.78, 5) is 0. The number of hydrogen-bond donors (Lipinski definition) is 0. The number of benzene rings is 1. The highest BCUT2D eigenvalue weighted by Gasteiger charge is 2.03. The van der Waals surface area contributed by atoms with Crippen LogP contribution < -0.4 is 4.74 Å². The van der Waals surface area contributed by atoms with E-state index < -0.39 is 11.6 Å². The molecule has 0 amide bonds. The lowest BCUT2D eigenvalue weighted by atomic mass is 10.3. The average Bonchev–Trinajstić information content (AvgIpc) is 2.07. The van der Waals surface area contributed by atoms with E-state index in [1.54, 1.807) is 0 Å². The summed E-state index contributed by atoms with van der Waals surface area (Å²) in [5, 5.41) is 0. The van der Waals surface area contributed by atoms with Crippen molar-refractivity contribution in [1.29, 1.82) is 0 Å². The molecule has 0 bridgehead atoms. The molecule has 0 atom stereocenters. The first kappa shape index (κ1) is 8.54. The minimum Gasteiger partial charge on any atom is -0.478 e. The summed E-state index contributed by atoms with van der Waals surface area (Å²) in [6.07, 6.45) is 4.86. The Balaban J connectivity index is 2.84. The van der Waals surface area contributed by atoms with Gasteiger partial charge in [0.1, 0.15) is 12.4 Å². The fourth-order valence-electron chi connectivity index (χ4n) is 0.658. The van der Waals surface area contributed by atoms with Crippen LogP contribution in [0.3, 0.4) is 0 Å². The lowest BCUT2D eigenvalue weighted by Crippen LogP contribution is -1.96.